The minimum atomic E-state index is -1.11. The summed E-state index contributed by atoms with van der Waals surface area (Å²) in [5, 5.41) is 10.5. The smallest absolute Gasteiger partial charge is 0.275 e. The van der Waals surface area contributed by atoms with Crippen LogP contribution in [-0.4, -0.2) is 23.1 Å². The highest BCUT2D eigenvalue weighted by atomic mass is 32.1. The predicted octanol–water partition coefficient (Wildman–Crippen LogP) is 2.16. The molecule has 5 nitrogen and oxygen atoms in total. The van der Waals surface area contributed by atoms with Crippen molar-refractivity contribution >= 4 is 29.9 Å². The van der Waals surface area contributed by atoms with Gasteiger partial charge in [-0.3, -0.25) is 14.9 Å². The Labute approximate surface area is 112 Å². The molecule has 1 fully saturated rings. The number of carbonyl (C=O) groups is 1. The third-order valence-electron chi connectivity index (χ3n) is 2.95. The molecule has 1 aliphatic rings. The molecule has 1 heterocycles. The largest absolute Gasteiger partial charge is 0.307 e. The summed E-state index contributed by atoms with van der Waals surface area (Å²) in [6, 6.07) is 1.22. The zero-order valence-corrected chi connectivity index (χ0v) is 10.6. The van der Waals surface area contributed by atoms with Gasteiger partial charge in [0.15, 0.2) is 11.6 Å². The number of carbonyl (C=O) groups excluding carboxylic acids is 1. The van der Waals surface area contributed by atoms with Crippen LogP contribution in [0, 0.1) is 27.7 Å². The van der Waals surface area contributed by atoms with E-state index >= 15 is 0 Å². The first kappa shape index (κ1) is 13.7. The summed E-state index contributed by atoms with van der Waals surface area (Å²) in [5.74, 6) is -2.28. The molecule has 2 rings (SSSR count). The van der Waals surface area contributed by atoms with Gasteiger partial charge in [0.1, 0.15) is 5.69 Å². The number of anilines is 1. The summed E-state index contributed by atoms with van der Waals surface area (Å²) in [6.07, 6.45) is 0.166. The maximum Gasteiger partial charge on any atom is 0.275 e. The fourth-order valence-corrected chi connectivity index (χ4v) is 2.28. The standard InChI is InChI=1S/C11H10F2N2O3S/c12-8-2-7(15(17)18)3-9(13)11(8)14-4-6(5-19)1-10(14)16/h2-3,6,19H,1,4-5H2. The zero-order valence-electron chi connectivity index (χ0n) is 9.68. The van der Waals surface area contributed by atoms with E-state index in [0.717, 1.165) is 4.90 Å². The van der Waals surface area contributed by atoms with Crippen molar-refractivity contribution in [2.24, 2.45) is 5.92 Å². The molecular formula is C11H10F2N2O3S. The van der Waals surface area contributed by atoms with E-state index in [1.165, 1.54) is 0 Å². The second-order valence-electron chi connectivity index (χ2n) is 4.27. The average Bonchev–Trinajstić information content (AvgIpc) is 2.70. The van der Waals surface area contributed by atoms with Gasteiger partial charge in [-0.2, -0.15) is 12.6 Å². The first-order chi connectivity index (χ1) is 8.93. The molecule has 1 atom stereocenters. The second kappa shape index (κ2) is 5.12. The Hall–Kier alpha value is -1.70. The molecular weight excluding hydrogens is 278 g/mol. The zero-order chi connectivity index (χ0) is 14.2. The highest BCUT2D eigenvalue weighted by molar-refractivity contribution is 7.80. The van der Waals surface area contributed by atoms with Crippen molar-refractivity contribution < 1.29 is 18.5 Å². The van der Waals surface area contributed by atoms with Gasteiger partial charge in [0, 0.05) is 13.0 Å². The normalized spacial score (nSPS) is 19.0. The number of rotatable bonds is 3. The van der Waals surface area contributed by atoms with E-state index < -0.39 is 33.8 Å². The molecule has 0 aliphatic carbocycles. The Morgan fingerprint density at radius 1 is 1.42 bits per heavy atom. The van der Waals surface area contributed by atoms with Crippen LogP contribution in [0.4, 0.5) is 20.2 Å². The molecule has 1 aromatic rings. The minimum absolute atomic E-state index is 0.0789. The van der Waals surface area contributed by atoms with Crippen LogP contribution in [-0.2, 0) is 4.79 Å². The number of nitrogens with zero attached hydrogens (tertiary/aromatic N) is 2. The van der Waals surface area contributed by atoms with Gasteiger partial charge in [0.25, 0.3) is 5.69 Å². The van der Waals surface area contributed by atoms with E-state index in [1.807, 2.05) is 0 Å². The Kier molecular flexibility index (Phi) is 3.70. The molecule has 1 aromatic carbocycles. The van der Waals surface area contributed by atoms with E-state index in [4.69, 9.17) is 0 Å². The molecule has 1 unspecified atom stereocenters. The number of amides is 1. The van der Waals surface area contributed by atoms with Crippen LogP contribution in [0.15, 0.2) is 12.1 Å². The Balaban J connectivity index is 2.41. The molecule has 1 aliphatic heterocycles. The summed E-state index contributed by atoms with van der Waals surface area (Å²) in [6.45, 7) is 0.161. The number of nitro groups is 1. The number of benzene rings is 1. The monoisotopic (exact) mass is 288 g/mol. The Bertz CT molecular complexity index is 530. The lowest BCUT2D eigenvalue weighted by Gasteiger charge is -2.17. The fraction of sp³-hybridized carbons (Fsp3) is 0.364. The Morgan fingerprint density at radius 3 is 2.42 bits per heavy atom. The molecule has 0 aromatic heterocycles. The molecule has 8 heteroatoms. The molecule has 1 saturated heterocycles. The number of hydrogen-bond acceptors (Lipinski definition) is 4. The quantitative estimate of drug-likeness (QED) is 0.526. The third-order valence-corrected chi connectivity index (χ3v) is 3.46. The minimum Gasteiger partial charge on any atom is -0.307 e. The summed E-state index contributed by atoms with van der Waals surface area (Å²) < 4.78 is 27.5. The van der Waals surface area contributed by atoms with Crippen molar-refractivity contribution in [3.63, 3.8) is 0 Å². The van der Waals surface area contributed by atoms with Crippen molar-refractivity contribution in [3.05, 3.63) is 33.9 Å². The Morgan fingerprint density at radius 2 is 2.00 bits per heavy atom. The van der Waals surface area contributed by atoms with Crippen LogP contribution in [0.2, 0.25) is 0 Å². The summed E-state index contributed by atoms with van der Waals surface area (Å²) >= 11 is 4.05. The molecule has 0 radical (unpaired) electrons. The van der Waals surface area contributed by atoms with Gasteiger partial charge in [0.2, 0.25) is 5.91 Å². The van der Waals surface area contributed by atoms with E-state index in [0.29, 0.717) is 17.9 Å². The molecule has 0 saturated carbocycles. The summed E-state index contributed by atoms with van der Waals surface area (Å²) in [4.78, 5) is 22.3. The number of hydrogen-bond donors (Lipinski definition) is 1. The van der Waals surface area contributed by atoms with Gasteiger partial charge in [-0.15, -0.1) is 0 Å². The van der Waals surface area contributed by atoms with Gasteiger partial charge >= 0.3 is 0 Å². The van der Waals surface area contributed by atoms with Crippen LogP contribution >= 0.6 is 12.6 Å². The second-order valence-corrected chi connectivity index (χ2v) is 4.64. The van der Waals surface area contributed by atoms with Crippen LogP contribution < -0.4 is 4.90 Å². The molecule has 0 spiro atoms. The van der Waals surface area contributed by atoms with Crippen molar-refractivity contribution in [3.8, 4) is 0 Å². The maximum atomic E-state index is 13.8. The van der Waals surface area contributed by atoms with Crippen LogP contribution in [0.1, 0.15) is 6.42 Å². The lowest BCUT2D eigenvalue weighted by molar-refractivity contribution is -0.385. The van der Waals surface area contributed by atoms with Crippen molar-refractivity contribution in [1.29, 1.82) is 0 Å². The van der Waals surface area contributed by atoms with Crippen LogP contribution in [0.25, 0.3) is 0 Å². The van der Waals surface area contributed by atoms with E-state index in [2.05, 4.69) is 12.6 Å². The van der Waals surface area contributed by atoms with Crippen molar-refractivity contribution in [2.45, 2.75) is 6.42 Å². The van der Waals surface area contributed by atoms with Gasteiger partial charge < -0.3 is 4.90 Å². The van der Waals surface area contributed by atoms with E-state index in [-0.39, 0.29) is 18.9 Å². The summed E-state index contributed by atoms with van der Waals surface area (Å²) in [5.41, 5.74) is -1.21. The molecule has 0 bridgehead atoms. The number of nitro benzene ring substituents is 1. The molecule has 102 valence electrons. The number of halogens is 2. The van der Waals surface area contributed by atoms with E-state index in [1.54, 1.807) is 0 Å². The molecule has 0 N–H and O–H groups in total. The van der Waals surface area contributed by atoms with Gasteiger partial charge in [-0.05, 0) is 11.7 Å². The van der Waals surface area contributed by atoms with Gasteiger partial charge in [-0.1, -0.05) is 0 Å². The topological polar surface area (TPSA) is 63.5 Å². The number of non-ortho nitro benzene ring substituents is 1. The SMILES string of the molecule is O=C1CC(CS)CN1c1c(F)cc([N+](=O)[O-])cc1F. The van der Waals surface area contributed by atoms with E-state index in [9.17, 15) is 23.7 Å². The first-order valence-corrected chi connectivity index (χ1v) is 6.12. The van der Waals surface area contributed by atoms with Gasteiger partial charge in [0.05, 0.1) is 17.1 Å². The maximum absolute atomic E-state index is 13.8. The predicted molar refractivity (Wildman–Crippen MR) is 67.3 cm³/mol. The first-order valence-electron chi connectivity index (χ1n) is 5.48. The molecule has 1 amide bonds. The van der Waals surface area contributed by atoms with Crippen LogP contribution in [0.5, 0.6) is 0 Å². The molecule has 19 heavy (non-hydrogen) atoms. The fourth-order valence-electron chi connectivity index (χ4n) is 2.04. The van der Waals surface area contributed by atoms with Gasteiger partial charge in [-0.25, -0.2) is 8.78 Å². The highest BCUT2D eigenvalue weighted by Crippen LogP contribution is 2.32. The third kappa shape index (κ3) is 2.53. The average molecular weight is 288 g/mol. The van der Waals surface area contributed by atoms with Crippen LogP contribution in [0.3, 0.4) is 0 Å². The van der Waals surface area contributed by atoms with Crippen molar-refractivity contribution in [2.75, 3.05) is 17.2 Å². The summed E-state index contributed by atoms with van der Waals surface area (Å²) in [7, 11) is 0. The van der Waals surface area contributed by atoms with Crippen molar-refractivity contribution in [1.82, 2.24) is 0 Å². The number of thiol groups is 1. The highest BCUT2D eigenvalue weighted by Gasteiger charge is 2.34. The lowest BCUT2D eigenvalue weighted by atomic mass is 10.1. The lowest BCUT2D eigenvalue weighted by Crippen LogP contribution is -2.27.